The average Bonchev–Trinajstić information content (AvgIpc) is 2.94. The Labute approximate surface area is 117 Å². The van der Waals surface area contributed by atoms with E-state index in [1.54, 1.807) is 6.20 Å². The van der Waals surface area contributed by atoms with E-state index in [1.807, 2.05) is 17.9 Å². The summed E-state index contributed by atoms with van der Waals surface area (Å²) in [7, 11) is 0. The third-order valence-electron chi connectivity index (χ3n) is 3.40. The summed E-state index contributed by atoms with van der Waals surface area (Å²) in [4.78, 5) is 21.9. The van der Waals surface area contributed by atoms with E-state index in [9.17, 15) is 4.79 Å². The molecule has 0 aliphatic carbocycles. The number of hydrogen-bond donors (Lipinski definition) is 2. The van der Waals surface area contributed by atoms with Gasteiger partial charge in [-0.05, 0) is 12.8 Å². The fourth-order valence-electron chi connectivity index (χ4n) is 2.21. The maximum atomic E-state index is 11.8. The molecule has 0 spiro atoms. The monoisotopic (exact) mass is 274 g/mol. The first-order valence-corrected chi connectivity index (χ1v) is 6.67. The van der Waals surface area contributed by atoms with Gasteiger partial charge in [-0.15, -0.1) is 0 Å². The first-order valence-electron chi connectivity index (χ1n) is 6.67. The Hall–Kier alpha value is -2.20. The van der Waals surface area contributed by atoms with Crippen molar-refractivity contribution in [2.45, 2.75) is 31.8 Å². The molecule has 1 aliphatic rings. The molecule has 0 saturated carbocycles. The summed E-state index contributed by atoms with van der Waals surface area (Å²) in [6.07, 6.45) is 4.49. The van der Waals surface area contributed by atoms with Gasteiger partial charge in [0.15, 0.2) is 11.5 Å². The Kier molecular flexibility index (Phi) is 4.48. The highest BCUT2D eigenvalue weighted by atomic mass is 16.2. The van der Waals surface area contributed by atoms with Gasteiger partial charge < -0.3 is 16.0 Å². The van der Waals surface area contributed by atoms with Crippen molar-refractivity contribution in [2.24, 2.45) is 5.73 Å². The number of aromatic nitrogens is 2. The predicted molar refractivity (Wildman–Crippen MR) is 73.8 cm³/mol. The van der Waals surface area contributed by atoms with Gasteiger partial charge in [-0.2, -0.15) is 5.26 Å². The van der Waals surface area contributed by atoms with Gasteiger partial charge in [-0.3, -0.25) is 4.79 Å². The largest absolute Gasteiger partial charge is 0.352 e. The van der Waals surface area contributed by atoms with Crippen molar-refractivity contribution < 1.29 is 4.79 Å². The summed E-state index contributed by atoms with van der Waals surface area (Å²) in [6.45, 7) is 3.24. The molecule has 1 amide bonds. The van der Waals surface area contributed by atoms with Crippen LogP contribution in [0.3, 0.4) is 0 Å². The minimum atomic E-state index is -0.463. The molecule has 2 heterocycles. The van der Waals surface area contributed by atoms with E-state index in [0.717, 1.165) is 13.0 Å². The van der Waals surface area contributed by atoms with Crippen molar-refractivity contribution in [1.29, 1.82) is 5.26 Å². The Morgan fingerprint density at radius 1 is 1.65 bits per heavy atom. The van der Waals surface area contributed by atoms with Crippen LogP contribution in [0, 0.1) is 11.3 Å². The number of nitriles is 1. The number of hydrogen-bond acceptors (Lipinski definition) is 6. The summed E-state index contributed by atoms with van der Waals surface area (Å²) in [5.74, 6) is 0.450. The molecule has 106 valence electrons. The van der Waals surface area contributed by atoms with Crippen molar-refractivity contribution in [2.75, 3.05) is 18.0 Å². The van der Waals surface area contributed by atoms with Gasteiger partial charge in [0.2, 0.25) is 5.91 Å². The van der Waals surface area contributed by atoms with Crippen LogP contribution in [-0.4, -0.2) is 41.0 Å². The number of rotatable bonds is 4. The molecule has 3 N–H and O–H groups in total. The standard InChI is InChI=1S/C13H18N6O/c1-2-10(15)13(20)18-9-3-6-19(8-9)12-11(7-14)16-4-5-17-12/h4-5,9-10H,2-3,6,8,15H2,1H3,(H,18,20). The summed E-state index contributed by atoms with van der Waals surface area (Å²) >= 11 is 0. The summed E-state index contributed by atoms with van der Waals surface area (Å²) in [6, 6.07) is 1.61. The Morgan fingerprint density at radius 3 is 3.10 bits per heavy atom. The Balaban J connectivity index is 1.99. The van der Waals surface area contributed by atoms with Crippen LogP contribution in [0.25, 0.3) is 0 Å². The number of amides is 1. The molecule has 1 fully saturated rings. The topological polar surface area (TPSA) is 108 Å². The molecule has 7 nitrogen and oxygen atoms in total. The summed E-state index contributed by atoms with van der Waals surface area (Å²) < 4.78 is 0. The summed E-state index contributed by atoms with van der Waals surface area (Å²) in [5.41, 5.74) is 6.00. The van der Waals surface area contributed by atoms with Gasteiger partial charge in [0.1, 0.15) is 6.07 Å². The van der Waals surface area contributed by atoms with E-state index in [0.29, 0.717) is 24.5 Å². The lowest BCUT2D eigenvalue weighted by Gasteiger charge is -2.19. The molecule has 2 unspecified atom stereocenters. The van der Waals surface area contributed by atoms with Crippen LogP contribution in [0.5, 0.6) is 0 Å². The Morgan fingerprint density at radius 2 is 2.40 bits per heavy atom. The second-order valence-electron chi connectivity index (χ2n) is 4.80. The zero-order valence-corrected chi connectivity index (χ0v) is 11.4. The van der Waals surface area contributed by atoms with Crippen molar-refractivity contribution >= 4 is 11.7 Å². The SMILES string of the molecule is CCC(N)C(=O)NC1CCN(c2nccnc2C#N)C1. The van der Waals surface area contributed by atoms with Gasteiger partial charge in [-0.25, -0.2) is 9.97 Å². The van der Waals surface area contributed by atoms with Gasteiger partial charge in [-0.1, -0.05) is 6.92 Å². The molecule has 0 aromatic carbocycles. The lowest BCUT2D eigenvalue weighted by atomic mass is 10.2. The van der Waals surface area contributed by atoms with E-state index in [4.69, 9.17) is 11.0 Å². The molecule has 7 heteroatoms. The highest BCUT2D eigenvalue weighted by Gasteiger charge is 2.27. The molecule has 2 atom stereocenters. The van der Waals surface area contributed by atoms with E-state index in [2.05, 4.69) is 15.3 Å². The van der Waals surface area contributed by atoms with Gasteiger partial charge >= 0.3 is 0 Å². The molecule has 1 aliphatic heterocycles. The molecule has 20 heavy (non-hydrogen) atoms. The van der Waals surface area contributed by atoms with E-state index in [-0.39, 0.29) is 11.9 Å². The van der Waals surface area contributed by atoms with Crippen LogP contribution < -0.4 is 16.0 Å². The second-order valence-corrected chi connectivity index (χ2v) is 4.80. The highest BCUT2D eigenvalue weighted by Crippen LogP contribution is 2.20. The van der Waals surface area contributed by atoms with Crippen molar-refractivity contribution in [1.82, 2.24) is 15.3 Å². The smallest absolute Gasteiger partial charge is 0.237 e. The molecular formula is C13H18N6O. The number of carbonyl (C=O) groups excluding carboxylic acids is 1. The average molecular weight is 274 g/mol. The third kappa shape index (κ3) is 3.03. The lowest BCUT2D eigenvalue weighted by molar-refractivity contribution is -0.123. The predicted octanol–water partition coefficient (Wildman–Crippen LogP) is -0.220. The fourth-order valence-corrected chi connectivity index (χ4v) is 2.21. The van der Waals surface area contributed by atoms with Crippen molar-refractivity contribution in [3.63, 3.8) is 0 Å². The highest BCUT2D eigenvalue weighted by molar-refractivity contribution is 5.81. The van der Waals surface area contributed by atoms with Crippen molar-refractivity contribution in [3.8, 4) is 6.07 Å². The van der Waals surface area contributed by atoms with Crippen LogP contribution in [0.15, 0.2) is 12.4 Å². The normalized spacial score (nSPS) is 19.4. The molecule has 1 aromatic rings. The van der Waals surface area contributed by atoms with Crippen LogP contribution in [0.1, 0.15) is 25.5 Å². The third-order valence-corrected chi connectivity index (χ3v) is 3.40. The molecule has 0 bridgehead atoms. The van der Waals surface area contributed by atoms with Crippen LogP contribution in [0.2, 0.25) is 0 Å². The Bertz CT molecular complexity index is 526. The number of carbonyl (C=O) groups is 1. The maximum Gasteiger partial charge on any atom is 0.237 e. The lowest BCUT2D eigenvalue weighted by Crippen LogP contribution is -2.46. The molecule has 1 saturated heterocycles. The van der Waals surface area contributed by atoms with Crippen LogP contribution >= 0.6 is 0 Å². The summed E-state index contributed by atoms with van der Waals surface area (Å²) in [5, 5.41) is 12.0. The number of anilines is 1. The van der Waals surface area contributed by atoms with Crippen molar-refractivity contribution in [3.05, 3.63) is 18.1 Å². The van der Waals surface area contributed by atoms with E-state index >= 15 is 0 Å². The molecule has 0 radical (unpaired) electrons. The quantitative estimate of drug-likeness (QED) is 0.786. The van der Waals surface area contributed by atoms with Gasteiger partial charge in [0.25, 0.3) is 0 Å². The van der Waals surface area contributed by atoms with E-state index < -0.39 is 6.04 Å². The minimum absolute atomic E-state index is 0.0358. The van der Waals surface area contributed by atoms with Crippen LogP contribution in [0.4, 0.5) is 5.82 Å². The zero-order valence-electron chi connectivity index (χ0n) is 11.4. The maximum absolute atomic E-state index is 11.8. The second kappa shape index (κ2) is 6.30. The molecule has 1 aromatic heterocycles. The number of nitrogens with zero attached hydrogens (tertiary/aromatic N) is 4. The van der Waals surface area contributed by atoms with Gasteiger partial charge in [0, 0.05) is 31.5 Å². The molecular weight excluding hydrogens is 256 g/mol. The van der Waals surface area contributed by atoms with Crippen LogP contribution in [-0.2, 0) is 4.79 Å². The minimum Gasteiger partial charge on any atom is -0.352 e. The first-order chi connectivity index (χ1) is 9.65. The first kappa shape index (κ1) is 14.2. The van der Waals surface area contributed by atoms with E-state index in [1.165, 1.54) is 6.20 Å². The fraction of sp³-hybridized carbons (Fsp3) is 0.538. The number of nitrogens with one attached hydrogen (secondary N) is 1. The van der Waals surface area contributed by atoms with Gasteiger partial charge in [0.05, 0.1) is 6.04 Å². The number of nitrogens with two attached hydrogens (primary N) is 1. The zero-order chi connectivity index (χ0) is 14.5. The molecule has 2 rings (SSSR count).